The maximum atomic E-state index is 17.2. The summed E-state index contributed by atoms with van der Waals surface area (Å²) < 4.78 is 14.3. The number of carbonyl (C=O) groups excluding carboxylic acids is 1. The number of hydrogen-bond donors (Lipinski definition) is 6. The molecule has 8 N–H and O–H groups in total. The number of nitrogens with zero attached hydrogens (tertiary/aromatic N) is 1. The second-order valence-electron chi connectivity index (χ2n) is 19.8. The van der Waals surface area contributed by atoms with E-state index < -0.39 is 10.8 Å². The molecule has 0 radical (unpaired) electrons. The van der Waals surface area contributed by atoms with Crippen molar-refractivity contribution < 1.29 is 14.3 Å². The van der Waals surface area contributed by atoms with E-state index in [1.165, 1.54) is 57.8 Å². The second kappa shape index (κ2) is 15.6. The third-order valence-electron chi connectivity index (χ3n) is 16.6. The van der Waals surface area contributed by atoms with Gasteiger partial charge in [0.1, 0.15) is 0 Å². The van der Waals surface area contributed by atoms with E-state index in [1.54, 1.807) is 0 Å². The number of nitrogens with one attached hydrogen (secondary N) is 4. The van der Waals surface area contributed by atoms with Crippen LogP contribution in [0.15, 0.2) is 0 Å². The van der Waals surface area contributed by atoms with Crippen LogP contribution in [-0.4, -0.2) is 116 Å². The molecule has 15 atom stereocenters. The zero-order valence-electron chi connectivity index (χ0n) is 34.2. The lowest BCUT2D eigenvalue weighted by atomic mass is 9.49. The van der Waals surface area contributed by atoms with Gasteiger partial charge in [0, 0.05) is 73.5 Å². The van der Waals surface area contributed by atoms with E-state index in [0.717, 1.165) is 32.1 Å². The predicted octanol–water partition coefficient (Wildman–Crippen LogP) is 3.70. The van der Waals surface area contributed by atoms with Gasteiger partial charge in [-0.05, 0) is 69.2 Å². The largest absolute Gasteiger partial charge is 0.376 e. The average molecular weight is 740 g/mol. The van der Waals surface area contributed by atoms with Crippen molar-refractivity contribution in [2.45, 2.75) is 203 Å². The molecule has 8 aliphatic rings. The molecule has 10 heteroatoms. The Morgan fingerprint density at radius 3 is 2.40 bits per heavy atom. The Morgan fingerprint density at radius 1 is 0.962 bits per heavy atom. The molecule has 10 nitrogen and oxygen atoms in total. The van der Waals surface area contributed by atoms with Crippen molar-refractivity contribution in [2.75, 3.05) is 26.7 Å². The fourth-order valence-electron chi connectivity index (χ4n) is 14.4. The van der Waals surface area contributed by atoms with Crippen molar-refractivity contribution in [1.82, 2.24) is 26.2 Å². The van der Waals surface area contributed by atoms with Crippen molar-refractivity contribution in [3.63, 3.8) is 0 Å². The molecule has 3 bridgehead atoms. The molecular formula is C43H77N7O3. The number of piperidine rings is 1. The fraction of sp³-hybridized carbons (Fsp3) is 0.977. The van der Waals surface area contributed by atoms with Gasteiger partial charge in [0.15, 0.2) is 5.78 Å². The lowest BCUT2D eigenvalue weighted by Crippen LogP contribution is -2.74. The Balaban J connectivity index is 1.31. The number of hydrogen-bond acceptors (Lipinski definition) is 10. The van der Waals surface area contributed by atoms with Crippen LogP contribution in [0.1, 0.15) is 125 Å². The molecule has 8 fully saturated rings. The van der Waals surface area contributed by atoms with Crippen molar-refractivity contribution in [3.05, 3.63) is 0 Å². The van der Waals surface area contributed by atoms with Crippen LogP contribution in [0.5, 0.6) is 0 Å². The minimum atomic E-state index is -0.751. The maximum absolute atomic E-state index is 17.2. The summed E-state index contributed by atoms with van der Waals surface area (Å²) in [5, 5.41) is 17.0. The molecule has 2 spiro atoms. The van der Waals surface area contributed by atoms with Gasteiger partial charge in [0.2, 0.25) is 0 Å². The number of likely N-dealkylation sites (tertiary alicyclic amines) is 1. The Morgan fingerprint density at radius 2 is 1.72 bits per heavy atom. The highest BCUT2D eigenvalue weighted by Crippen LogP contribution is 2.63. The summed E-state index contributed by atoms with van der Waals surface area (Å²) in [4.78, 5) is 19.9. The molecule has 8 rings (SSSR count). The third-order valence-corrected chi connectivity index (χ3v) is 16.6. The van der Waals surface area contributed by atoms with Gasteiger partial charge >= 0.3 is 0 Å². The second-order valence-corrected chi connectivity index (χ2v) is 19.8. The number of unbranched alkanes of at least 4 members (excludes halogenated alkanes) is 3. The van der Waals surface area contributed by atoms with Crippen LogP contribution in [0, 0.1) is 34.5 Å². The van der Waals surface area contributed by atoms with Gasteiger partial charge in [-0.15, -0.1) is 0 Å². The molecule has 6 aliphatic heterocycles. The highest BCUT2D eigenvalue weighted by atomic mass is 16.5. The topological polar surface area (TPSA) is 139 Å². The third kappa shape index (κ3) is 6.07. The highest BCUT2D eigenvalue weighted by molar-refractivity contribution is 5.97. The SMILES string of the molecule is CCCCCC[C@H]1OC2CNC3[C@@H](COC4CC(N)C4)NC4[C@H](CN)NC5[C@H](C6CCCCC6)NC6[C@H](CC(C)C)N(C)C(C(CC)C56C(=O)C243)[C@H]1C. The van der Waals surface area contributed by atoms with Crippen LogP contribution >= 0.6 is 0 Å². The Bertz CT molecular complexity index is 1280. The van der Waals surface area contributed by atoms with E-state index in [1.807, 2.05) is 0 Å². The smallest absolute Gasteiger partial charge is 0.154 e. The first-order chi connectivity index (χ1) is 25.6. The minimum absolute atomic E-state index is 0.00472. The molecule has 0 aromatic carbocycles. The molecule has 6 heterocycles. The number of Topliss-reactive ketones (excluding diaryl/α,β-unsaturated/α-hetero) is 1. The quantitative estimate of drug-likeness (QED) is 0.155. The first kappa shape index (κ1) is 39.2. The Kier molecular flexibility index (Phi) is 11.5. The summed E-state index contributed by atoms with van der Waals surface area (Å²) in [6.45, 7) is 13.7. The molecule has 2 saturated carbocycles. The van der Waals surface area contributed by atoms with Gasteiger partial charge in [-0.3, -0.25) is 9.69 Å². The summed E-state index contributed by atoms with van der Waals surface area (Å²) in [7, 11) is 2.42. The van der Waals surface area contributed by atoms with E-state index in [2.05, 4.69) is 67.8 Å². The lowest BCUT2D eigenvalue weighted by molar-refractivity contribution is -0.160. The average Bonchev–Trinajstić information content (AvgIpc) is 3.77. The maximum Gasteiger partial charge on any atom is 0.154 e. The summed E-state index contributed by atoms with van der Waals surface area (Å²) in [6, 6.07) is 0.841. The molecule has 9 unspecified atom stereocenters. The van der Waals surface area contributed by atoms with Crippen LogP contribution in [0.25, 0.3) is 0 Å². The molecule has 53 heavy (non-hydrogen) atoms. The van der Waals surface area contributed by atoms with Gasteiger partial charge in [-0.25, -0.2) is 0 Å². The van der Waals surface area contributed by atoms with E-state index in [-0.39, 0.29) is 84.6 Å². The van der Waals surface area contributed by atoms with Crippen molar-refractivity contribution in [1.29, 1.82) is 0 Å². The van der Waals surface area contributed by atoms with Gasteiger partial charge in [-0.1, -0.05) is 86.0 Å². The van der Waals surface area contributed by atoms with Crippen LogP contribution in [0.3, 0.4) is 0 Å². The van der Waals surface area contributed by atoms with E-state index in [4.69, 9.17) is 20.9 Å². The number of likely N-dealkylation sites (N-methyl/N-ethyl adjacent to an activating group) is 1. The van der Waals surface area contributed by atoms with Gasteiger partial charge in [0.05, 0.1) is 35.7 Å². The van der Waals surface area contributed by atoms with Crippen LogP contribution in [0.4, 0.5) is 0 Å². The van der Waals surface area contributed by atoms with Crippen molar-refractivity contribution in [2.24, 2.45) is 46.0 Å². The summed E-state index contributed by atoms with van der Waals surface area (Å²) in [5.74, 6) is 2.07. The normalized spacial score (nSPS) is 49.7. The number of nitrogens with two attached hydrogens (primary N) is 2. The molecule has 0 aromatic rings. The Labute approximate surface area is 321 Å². The minimum Gasteiger partial charge on any atom is -0.376 e. The van der Waals surface area contributed by atoms with Crippen LogP contribution in [-0.2, 0) is 14.3 Å². The zero-order chi connectivity index (χ0) is 37.2. The van der Waals surface area contributed by atoms with Crippen LogP contribution < -0.4 is 32.7 Å². The molecule has 6 saturated heterocycles. The van der Waals surface area contributed by atoms with Gasteiger partial charge in [0.25, 0.3) is 0 Å². The summed E-state index contributed by atoms with van der Waals surface area (Å²) in [6.07, 6.45) is 16.3. The number of carbonyl (C=O) groups is 1. The monoisotopic (exact) mass is 740 g/mol. The first-order valence-corrected chi connectivity index (χ1v) is 22.6. The first-order valence-electron chi connectivity index (χ1n) is 22.6. The lowest BCUT2D eigenvalue weighted by Gasteiger charge is -2.60. The van der Waals surface area contributed by atoms with E-state index >= 15 is 4.79 Å². The highest BCUT2D eigenvalue weighted by Gasteiger charge is 2.80. The zero-order valence-corrected chi connectivity index (χ0v) is 34.2. The molecule has 0 aromatic heterocycles. The molecular weight excluding hydrogens is 663 g/mol. The van der Waals surface area contributed by atoms with Crippen molar-refractivity contribution >= 4 is 5.78 Å². The number of fused-ring (bicyclic) bond motifs is 1. The van der Waals surface area contributed by atoms with E-state index in [9.17, 15) is 0 Å². The molecule has 302 valence electrons. The standard InChI is InChI=1S/C43H77N7O3/c1-7-9-10-14-17-33-25(5)36-29(8-2)42-39(32(50(36)6)18-24(3)4)49-35(26-15-12-11-13-16-26)40(42)47-30(21-44)38-43(41(42)51)34(53-33)22-46-37(43)31(48-38)23-52-28-19-27(45)20-28/h24-40,46-49H,7-23,44-45H2,1-6H3/t25-,27?,28?,29?,30-,31+,32-,33+,34?,35-,36?,37?,38?,39?,40?,42?,43?/m0/s1. The fourth-order valence-corrected chi connectivity index (χ4v) is 14.4. The Hall–Kier alpha value is -0.690. The van der Waals surface area contributed by atoms with Crippen molar-refractivity contribution in [3.8, 4) is 0 Å². The van der Waals surface area contributed by atoms with Gasteiger partial charge < -0.3 is 42.2 Å². The number of ether oxygens (including phenoxy) is 2. The molecule has 0 amide bonds. The predicted molar refractivity (Wildman–Crippen MR) is 212 cm³/mol. The summed E-state index contributed by atoms with van der Waals surface area (Å²) >= 11 is 0. The van der Waals surface area contributed by atoms with Gasteiger partial charge in [-0.2, -0.15) is 0 Å². The van der Waals surface area contributed by atoms with Crippen LogP contribution in [0.2, 0.25) is 0 Å². The number of ketones is 1. The number of rotatable bonds is 13. The molecule has 2 aliphatic carbocycles. The van der Waals surface area contributed by atoms with E-state index in [0.29, 0.717) is 43.2 Å². The summed E-state index contributed by atoms with van der Waals surface area (Å²) in [5.41, 5.74) is 11.8.